The van der Waals surface area contributed by atoms with E-state index in [0.717, 1.165) is 18.4 Å². The van der Waals surface area contributed by atoms with E-state index in [1.165, 1.54) is 12.1 Å². The van der Waals surface area contributed by atoms with Crippen molar-refractivity contribution >= 4 is 17.6 Å². The first-order valence-corrected chi connectivity index (χ1v) is 12.7. The Labute approximate surface area is 221 Å². The molecule has 0 bridgehead atoms. The molecule has 1 fully saturated rings. The number of amides is 2. The first-order chi connectivity index (χ1) is 18.4. The van der Waals surface area contributed by atoms with Gasteiger partial charge in [0, 0.05) is 31.2 Å². The molecule has 1 aromatic heterocycles. The zero-order valence-corrected chi connectivity index (χ0v) is 21.3. The van der Waals surface area contributed by atoms with Gasteiger partial charge in [-0.05, 0) is 62.1 Å². The van der Waals surface area contributed by atoms with E-state index >= 15 is 0 Å². The van der Waals surface area contributed by atoms with Gasteiger partial charge in [0.25, 0.3) is 5.91 Å². The van der Waals surface area contributed by atoms with Crippen LogP contribution in [0, 0.1) is 17.1 Å². The van der Waals surface area contributed by atoms with Crippen molar-refractivity contribution in [3.63, 3.8) is 0 Å². The molecular formula is C29H31FN6O2. The van der Waals surface area contributed by atoms with Gasteiger partial charge in [-0.2, -0.15) is 5.26 Å². The van der Waals surface area contributed by atoms with Crippen molar-refractivity contribution in [1.82, 2.24) is 15.2 Å². The Morgan fingerprint density at radius 3 is 2.79 bits per heavy atom. The number of rotatable bonds is 9. The van der Waals surface area contributed by atoms with Crippen LogP contribution in [0.25, 0.3) is 11.3 Å². The number of nitrogens with one attached hydrogen (secondary N) is 2. The smallest absolute Gasteiger partial charge is 0.255 e. The SMILES string of the molecule is C[C@H](N)C(=O)N1CCC[C@@H]1CNC(=O)c1ccc(-c2ccccc2C#N)nc1NCCc1cccc(F)c1. The molecule has 2 atom stereocenters. The van der Waals surface area contributed by atoms with Gasteiger partial charge in [-0.1, -0.05) is 30.3 Å². The molecular weight excluding hydrogens is 483 g/mol. The fourth-order valence-corrected chi connectivity index (χ4v) is 4.65. The Morgan fingerprint density at radius 1 is 1.21 bits per heavy atom. The van der Waals surface area contributed by atoms with Gasteiger partial charge in [0.05, 0.1) is 28.9 Å². The topological polar surface area (TPSA) is 124 Å². The number of anilines is 1. The standard InChI is InChI=1S/C29H31FN6O2/c1-19(32)29(38)36-15-5-9-23(36)18-34-28(37)25-11-12-26(24-10-3-2-7-21(24)17-31)35-27(25)33-14-13-20-6-4-8-22(30)16-20/h2-4,6-8,10-12,16,19,23H,5,9,13-15,18,32H2,1H3,(H,33,35)(H,34,37)/t19-,23+/m0/s1. The van der Waals surface area contributed by atoms with Crippen molar-refractivity contribution in [3.8, 4) is 17.3 Å². The van der Waals surface area contributed by atoms with Crippen molar-refractivity contribution in [2.75, 3.05) is 25.0 Å². The second kappa shape index (κ2) is 12.3. The summed E-state index contributed by atoms with van der Waals surface area (Å²) in [6, 6.07) is 18.3. The summed E-state index contributed by atoms with van der Waals surface area (Å²) in [6.07, 6.45) is 2.18. The second-order valence-electron chi connectivity index (χ2n) is 9.38. The molecule has 0 unspecified atom stereocenters. The molecule has 1 aliphatic heterocycles. The predicted octanol–water partition coefficient (Wildman–Crippen LogP) is 3.48. The summed E-state index contributed by atoms with van der Waals surface area (Å²) < 4.78 is 13.6. The van der Waals surface area contributed by atoms with Crippen LogP contribution in [0.5, 0.6) is 0 Å². The van der Waals surface area contributed by atoms with Gasteiger partial charge in [0.15, 0.2) is 0 Å². The number of carbonyl (C=O) groups is 2. The third-order valence-electron chi connectivity index (χ3n) is 6.61. The highest BCUT2D eigenvalue weighted by atomic mass is 19.1. The van der Waals surface area contributed by atoms with Crippen molar-refractivity contribution in [3.05, 3.63) is 83.2 Å². The maximum Gasteiger partial charge on any atom is 0.255 e. The van der Waals surface area contributed by atoms with Gasteiger partial charge >= 0.3 is 0 Å². The lowest BCUT2D eigenvalue weighted by molar-refractivity contribution is -0.132. The number of carbonyl (C=O) groups excluding carboxylic acids is 2. The Morgan fingerprint density at radius 2 is 2.03 bits per heavy atom. The third-order valence-corrected chi connectivity index (χ3v) is 6.61. The summed E-state index contributed by atoms with van der Waals surface area (Å²) >= 11 is 0. The number of likely N-dealkylation sites (tertiary alicyclic amines) is 1. The average Bonchev–Trinajstić information content (AvgIpc) is 3.39. The van der Waals surface area contributed by atoms with Crippen LogP contribution in [-0.2, 0) is 11.2 Å². The van der Waals surface area contributed by atoms with Crippen LogP contribution in [0.1, 0.15) is 41.3 Å². The second-order valence-corrected chi connectivity index (χ2v) is 9.38. The lowest BCUT2D eigenvalue weighted by Crippen LogP contribution is -2.48. The minimum absolute atomic E-state index is 0.114. The molecule has 2 aromatic carbocycles. The summed E-state index contributed by atoms with van der Waals surface area (Å²) in [4.78, 5) is 32.1. The number of halogens is 1. The molecule has 0 saturated carbocycles. The van der Waals surface area contributed by atoms with Gasteiger partial charge in [-0.25, -0.2) is 9.37 Å². The van der Waals surface area contributed by atoms with E-state index in [-0.39, 0.29) is 23.7 Å². The maximum atomic E-state index is 13.6. The zero-order chi connectivity index (χ0) is 27.1. The van der Waals surface area contributed by atoms with Gasteiger partial charge in [0.1, 0.15) is 11.6 Å². The molecule has 2 amide bonds. The summed E-state index contributed by atoms with van der Waals surface area (Å²) in [5.74, 6) is -0.395. The van der Waals surface area contributed by atoms with Crippen LogP contribution < -0.4 is 16.4 Å². The molecule has 4 rings (SSSR count). The van der Waals surface area contributed by atoms with Gasteiger partial charge in [-0.15, -0.1) is 0 Å². The molecule has 1 saturated heterocycles. The lowest BCUT2D eigenvalue weighted by Gasteiger charge is -2.26. The lowest BCUT2D eigenvalue weighted by atomic mass is 10.0. The van der Waals surface area contributed by atoms with Crippen LogP contribution in [0.4, 0.5) is 10.2 Å². The van der Waals surface area contributed by atoms with E-state index in [4.69, 9.17) is 5.73 Å². The van der Waals surface area contributed by atoms with E-state index in [1.54, 1.807) is 48.2 Å². The molecule has 38 heavy (non-hydrogen) atoms. The van der Waals surface area contributed by atoms with E-state index in [0.29, 0.717) is 54.3 Å². The number of nitriles is 1. The quantitative estimate of drug-likeness (QED) is 0.402. The summed E-state index contributed by atoms with van der Waals surface area (Å²) in [5.41, 5.74) is 8.63. The number of hydrogen-bond donors (Lipinski definition) is 3. The van der Waals surface area contributed by atoms with Crippen LogP contribution in [0.2, 0.25) is 0 Å². The number of aromatic nitrogens is 1. The zero-order valence-electron chi connectivity index (χ0n) is 21.3. The molecule has 196 valence electrons. The molecule has 8 nitrogen and oxygen atoms in total. The minimum Gasteiger partial charge on any atom is -0.369 e. The summed E-state index contributed by atoms with van der Waals surface area (Å²) in [7, 11) is 0. The summed E-state index contributed by atoms with van der Waals surface area (Å²) in [5, 5.41) is 15.7. The van der Waals surface area contributed by atoms with Gasteiger partial charge in [0.2, 0.25) is 5.91 Å². The first kappa shape index (κ1) is 26.8. The van der Waals surface area contributed by atoms with Gasteiger partial charge in [-0.3, -0.25) is 9.59 Å². The Kier molecular flexibility index (Phi) is 8.66. The van der Waals surface area contributed by atoms with Gasteiger partial charge < -0.3 is 21.3 Å². The minimum atomic E-state index is -0.590. The number of nitrogens with two attached hydrogens (primary N) is 1. The predicted molar refractivity (Wildman–Crippen MR) is 144 cm³/mol. The Bertz CT molecular complexity index is 1350. The molecule has 0 radical (unpaired) electrons. The van der Waals surface area contributed by atoms with Crippen molar-refractivity contribution in [1.29, 1.82) is 5.26 Å². The van der Waals surface area contributed by atoms with Crippen LogP contribution >= 0.6 is 0 Å². The molecule has 9 heteroatoms. The molecule has 2 heterocycles. The number of nitrogens with zero attached hydrogens (tertiary/aromatic N) is 3. The molecule has 1 aliphatic rings. The Balaban J connectivity index is 1.54. The highest BCUT2D eigenvalue weighted by Gasteiger charge is 2.30. The summed E-state index contributed by atoms with van der Waals surface area (Å²) in [6.45, 7) is 3.01. The molecule has 4 N–H and O–H groups in total. The van der Waals surface area contributed by atoms with Crippen LogP contribution in [0.3, 0.4) is 0 Å². The molecule has 3 aromatic rings. The number of pyridine rings is 1. The van der Waals surface area contributed by atoms with Crippen molar-refractivity contribution < 1.29 is 14.0 Å². The fraction of sp³-hybridized carbons (Fsp3) is 0.310. The van der Waals surface area contributed by atoms with Crippen molar-refractivity contribution in [2.24, 2.45) is 5.73 Å². The maximum absolute atomic E-state index is 13.6. The first-order valence-electron chi connectivity index (χ1n) is 12.7. The molecule has 0 aliphatic carbocycles. The van der Waals surface area contributed by atoms with Crippen LogP contribution in [0.15, 0.2) is 60.7 Å². The van der Waals surface area contributed by atoms with E-state index < -0.39 is 6.04 Å². The highest BCUT2D eigenvalue weighted by Crippen LogP contribution is 2.25. The largest absolute Gasteiger partial charge is 0.369 e. The van der Waals surface area contributed by atoms with E-state index in [1.807, 2.05) is 12.1 Å². The monoisotopic (exact) mass is 514 g/mol. The average molecular weight is 515 g/mol. The fourth-order valence-electron chi connectivity index (χ4n) is 4.65. The highest BCUT2D eigenvalue weighted by molar-refractivity contribution is 5.99. The third kappa shape index (κ3) is 6.33. The van der Waals surface area contributed by atoms with E-state index in [2.05, 4.69) is 21.7 Å². The molecule has 0 spiro atoms. The van der Waals surface area contributed by atoms with Crippen LogP contribution in [-0.4, -0.2) is 53.4 Å². The number of hydrogen-bond acceptors (Lipinski definition) is 6. The Hall–Kier alpha value is -4.29. The number of benzene rings is 2. The normalized spacial score (nSPS) is 15.5. The van der Waals surface area contributed by atoms with E-state index in [9.17, 15) is 19.2 Å². The van der Waals surface area contributed by atoms with Crippen molar-refractivity contribution in [2.45, 2.75) is 38.3 Å².